The molecular formula is C13H20N2O3S. The van der Waals surface area contributed by atoms with E-state index in [-0.39, 0.29) is 16.3 Å². The van der Waals surface area contributed by atoms with Gasteiger partial charge in [0, 0.05) is 11.1 Å². The number of sulfonamides is 1. The number of primary sulfonamides is 1. The average Bonchev–Trinajstić information content (AvgIpc) is 2.27. The van der Waals surface area contributed by atoms with E-state index < -0.39 is 10.0 Å². The predicted octanol–water partition coefficient (Wildman–Crippen LogP) is 1.64. The maximum atomic E-state index is 12.0. The van der Waals surface area contributed by atoms with E-state index in [2.05, 4.69) is 12.2 Å². The van der Waals surface area contributed by atoms with Gasteiger partial charge in [-0.2, -0.15) is 0 Å². The molecule has 0 aliphatic rings. The van der Waals surface area contributed by atoms with Gasteiger partial charge in [0.25, 0.3) is 5.91 Å². The molecule has 0 aromatic heterocycles. The summed E-state index contributed by atoms with van der Waals surface area (Å²) in [5, 5.41) is 7.91. The maximum absolute atomic E-state index is 12.0. The molecule has 106 valence electrons. The lowest BCUT2D eigenvalue weighted by molar-refractivity contribution is 0.0909. The molecule has 0 saturated heterocycles. The van der Waals surface area contributed by atoms with E-state index in [1.54, 1.807) is 0 Å². The summed E-state index contributed by atoms with van der Waals surface area (Å²) < 4.78 is 22.2. The van der Waals surface area contributed by atoms with E-state index in [4.69, 9.17) is 5.14 Å². The summed E-state index contributed by atoms with van der Waals surface area (Å²) in [7, 11) is -3.72. The molecule has 5 nitrogen and oxygen atoms in total. The summed E-state index contributed by atoms with van der Waals surface area (Å²) in [5.74, 6) is -0.223. The van der Waals surface area contributed by atoms with Crippen LogP contribution in [0.25, 0.3) is 0 Å². The van der Waals surface area contributed by atoms with Crippen molar-refractivity contribution >= 4 is 15.9 Å². The summed E-state index contributed by atoms with van der Waals surface area (Å²) in [5.41, 5.74) is 0.126. The molecule has 0 unspecified atom stereocenters. The van der Waals surface area contributed by atoms with Crippen molar-refractivity contribution in [2.24, 2.45) is 5.14 Å². The highest BCUT2D eigenvalue weighted by atomic mass is 32.2. The second-order valence-electron chi connectivity index (χ2n) is 5.16. The average molecular weight is 284 g/mol. The molecule has 0 spiro atoms. The van der Waals surface area contributed by atoms with Crippen LogP contribution in [-0.2, 0) is 10.0 Å². The van der Waals surface area contributed by atoms with E-state index in [0.29, 0.717) is 5.56 Å². The van der Waals surface area contributed by atoms with Crippen molar-refractivity contribution in [1.82, 2.24) is 5.32 Å². The first-order valence-electron chi connectivity index (χ1n) is 6.11. The SMILES string of the molecule is CCCC(C)(C)NC(=O)c1ccc(S(N)(=O)=O)cc1. The van der Waals surface area contributed by atoms with Crippen molar-refractivity contribution in [3.63, 3.8) is 0 Å². The molecule has 1 amide bonds. The van der Waals surface area contributed by atoms with Gasteiger partial charge in [0.2, 0.25) is 10.0 Å². The Morgan fingerprint density at radius 2 is 1.79 bits per heavy atom. The van der Waals surface area contributed by atoms with Gasteiger partial charge in [0.15, 0.2) is 0 Å². The Morgan fingerprint density at radius 1 is 1.26 bits per heavy atom. The minimum atomic E-state index is -3.72. The monoisotopic (exact) mass is 284 g/mol. The summed E-state index contributed by atoms with van der Waals surface area (Å²) in [6, 6.07) is 5.57. The first-order chi connectivity index (χ1) is 8.65. The number of hydrogen-bond acceptors (Lipinski definition) is 3. The Kier molecular flexibility index (Phi) is 4.70. The second-order valence-corrected chi connectivity index (χ2v) is 6.72. The van der Waals surface area contributed by atoms with Crippen molar-refractivity contribution in [3.05, 3.63) is 29.8 Å². The van der Waals surface area contributed by atoms with E-state index in [1.165, 1.54) is 24.3 Å². The normalized spacial score (nSPS) is 12.2. The molecule has 19 heavy (non-hydrogen) atoms. The Hall–Kier alpha value is -1.40. The van der Waals surface area contributed by atoms with Crippen LogP contribution in [0.3, 0.4) is 0 Å². The fourth-order valence-corrected chi connectivity index (χ4v) is 2.38. The van der Waals surface area contributed by atoms with Gasteiger partial charge in [-0.3, -0.25) is 4.79 Å². The molecule has 1 rings (SSSR count). The van der Waals surface area contributed by atoms with Crippen LogP contribution in [0.2, 0.25) is 0 Å². The number of hydrogen-bond donors (Lipinski definition) is 2. The number of carbonyl (C=O) groups excluding carboxylic acids is 1. The van der Waals surface area contributed by atoms with Gasteiger partial charge in [0.1, 0.15) is 0 Å². The van der Waals surface area contributed by atoms with Gasteiger partial charge in [-0.1, -0.05) is 13.3 Å². The van der Waals surface area contributed by atoms with Crippen LogP contribution in [0.5, 0.6) is 0 Å². The van der Waals surface area contributed by atoms with Crippen LogP contribution >= 0.6 is 0 Å². The zero-order valence-electron chi connectivity index (χ0n) is 11.4. The van der Waals surface area contributed by atoms with Crippen LogP contribution in [0.15, 0.2) is 29.2 Å². The van der Waals surface area contributed by atoms with Gasteiger partial charge in [0.05, 0.1) is 4.90 Å². The van der Waals surface area contributed by atoms with Crippen LogP contribution in [-0.4, -0.2) is 19.9 Å². The third kappa shape index (κ3) is 4.65. The number of nitrogens with one attached hydrogen (secondary N) is 1. The Labute approximate surface area is 114 Å². The molecule has 6 heteroatoms. The molecule has 0 aliphatic heterocycles. The summed E-state index contributed by atoms with van der Waals surface area (Å²) in [6.07, 6.45) is 1.84. The molecule has 0 saturated carbocycles. The minimum absolute atomic E-state index is 0.00290. The van der Waals surface area contributed by atoms with E-state index in [9.17, 15) is 13.2 Å². The van der Waals surface area contributed by atoms with E-state index >= 15 is 0 Å². The number of rotatable bonds is 5. The van der Waals surface area contributed by atoms with Crippen molar-refractivity contribution in [1.29, 1.82) is 0 Å². The number of carbonyl (C=O) groups is 1. The highest BCUT2D eigenvalue weighted by Gasteiger charge is 2.20. The van der Waals surface area contributed by atoms with Gasteiger partial charge in [-0.25, -0.2) is 13.6 Å². The first kappa shape index (κ1) is 15.7. The lowest BCUT2D eigenvalue weighted by atomic mass is 9.98. The zero-order chi connectivity index (χ0) is 14.7. The van der Waals surface area contributed by atoms with E-state index in [1.807, 2.05) is 13.8 Å². The fraction of sp³-hybridized carbons (Fsp3) is 0.462. The standard InChI is InChI=1S/C13H20N2O3S/c1-4-9-13(2,3)15-12(16)10-5-7-11(8-6-10)19(14,17)18/h5-8H,4,9H2,1-3H3,(H,15,16)(H2,14,17,18). The molecule has 0 aliphatic carbocycles. The molecule has 1 aromatic carbocycles. The van der Waals surface area contributed by atoms with Crippen molar-refractivity contribution in [3.8, 4) is 0 Å². The van der Waals surface area contributed by atoms with Crippen molar-refractivity contribution in [2.45, 2.75) is 44.0 Å². The van der Waals surface area contributed by atoms with Crippen LogP contribution in [0.1, 0.15) is 44.0 Å². The topological polar surface area (TPSA) is 89.3 Å². The number of amides is 1. The lowest BCUT2D eigenvalue weighted by Crippen LogP contribution is -2.43. The fourth-order valence-electron chi connectivity index (χ4n) is 1.86. The highest BCUT2D eigenvalue weighted by Crippen LogP contribution is 2.13. The quantitative estimate of drug-likeness (QED) is 0.861. The maximum Gasteiger partial charge on any atom is 0.251 e. The van der Waals surface area contributed by atoms with Crippen LogP contribution in [0.4, 0.5) is 0 Å². The highest BCUT2D eigenvalue weighted by molar-refractivity contribution is 7.89. The zero-order valence-corrected chi connectivity index (χ0v) is 12.3. The van der Waals surface area contributed by atoms with Crippen molar-refractivity contribution in [2.75, 3.05) is 0 Å². The Morgan fingerprint density at radius 3 is 2.21 bits per heavy atom. The smallest absolute Gasteiger partial charge is 0.251 e. The van der Waals surface area contributed by atoms with E-state index in [0.717, 1.165) is 12.8 Å². The molecule has 0 radical (unpaired) electrons. The predicted molar refractivity (Wildman–Crippen MR) is 74.3 cm³/mol. The van der Waals surface area contributed by atoms with Gasteiger partial charge in [-0.05, 0) is 44.5 Å². The second kappa shape index (κ2) is 5.71. The third-order valence-corrected chi connectivity index (χ3v) is 3.70. The molecule has 0 heterocycles. The lowest BCUT2D eigenvalue weighted by Gasteiger charge is -2.25. The minimum Gasteiger partial charge on any atom is -0.347 e. The number of nitrogens with two attached hydrogens (primary N) is 1. The molecule has 0 atom stereocenters. The third-order valence-electron chi connectivity index (χ3n) is 2.77. The van der Waals surface area contributed by atoms with Crippen molar-refractivity contribution < 1.29 is 13.2 Å². The molecule has 3 N–H and O–H groups in total. The van der Waals surface area contributed by atoms with Crippen LogP contribution < -0.4 is 10.5 Å². The summed E-state index contributed by atoms with van der Waals surface area (Å²) >= 11 is 0. The number of benzene rings is 1. The Balaban J connectivity index is 2.85. The van der Waals surface area contributed by atoms with Gasteiger partial charge >= 0.3 is 0 Å². The summed E-state index contributed by atoms with van der Waals surface area (Å²) in [4.78, 5) is 12.0. The largest absolute Gasteiger partial charge is 0.347 e. The molecule has 1 aromatic rings. The molecule has 0 bridgehead atoms. The van der Waals surface area contributed by atoms with Gasteiger partial charge in [-0.15, -0.1) is 0 Å². The Bertz CT molecular complexity index is 548. The molecule has 0 fully saturated rings. The summed E-state index contributed by atoms with van der Waals surface area (Å²) in [6.45, 7) is 5.95. The van der Waals surface area contributed by atoms with Crippen LogP contribution in [0, 0.1) is 0 Å². The molecular weight excluding hydrogens is 264 g/mol. The van der Waals surface area contributed by atoms with Gasteiger partial charge < -0.3 is 5.32 Å². The first-order valence-corrected chi connectivity index (χ1v) is 7.66.